The van der Waals surface area contributed by atoms with Gasteiger partial charge in [0.1, 0.15) is 26.5 Å². The molecule has 0 aliphatic heterocycles. The number of carbonyl (C=O) groups excluding carboxylic acids is 2. The molecule has 164 valence electrons. The van der Waals surface area contributed by atoms with Crippen LogP contribution in [0.5, 0.6) is 0 Å². The average molecular weight is 468 g/mol. The van der Waals surface area contributed by atoms with Crippen LogP contribution in [0.1, 0.15) is 44.4 Å². The quantitative estimate of drug-likeness (QED) is 0.344. The van der Waals surface area contributed by atoms with Crippen LogP contribution in [-0.4, -0.2) is 30.1 Å². The highest BCUT2D eigenvalue weighted by atomic mass is 32.1. The number of carbonyl (C=O) groups is 2. The number of rotatable bonds is 8. The number of nitrogens with one attached hydrogen (secondary N) is 1. The normalized spacial score (nSPS) is 11.0. The molecule has 0 aliphatic rings. The topological polar surface area (TPSA) is 101 Å². The molecule has 2 heterocycles. The number of anilines is 1. The summed E-state index contributed by atoms with van der Waals surface area (Å²) >= 11 is 2.43. The minimum absolute atomic E-state index is 0.197. The second kappa shape index (κ2) is 10.7. The molecule has 3 aromatic rings. The summed E-state index contributed by atoms with van der Waals surface area (Å²) in [7, 11) is 0. The molecule has 3 rings (SSSR count). The summed E-state index contributed by atoms with van der Waals surface area (Å²) in [5.41, 5.74) is 2.75. The Morgan fingerprint density at radius 3 is 2.50 bits per heavy atom. The molecule has 0 bridgehead atoms. The lowest BCUT2D eigenvalue weighted by atomic mass is 10.1. The van der Waals surface area contributed by atoms with Crippen molar-refractivity contribution in [2.24, 2.45) is 0 Å². The molecule has 0 unspecified atom stereocenters. The van der Waals surface area contributed by atoms with Crippen LogP contribution in [-0.2, 0) is 9.47 Å². The zero-order valence-corrected chi connectivity index (χ0v) is 19.4. The van der Waals surface area contributed by atoms with E-state index < -0.39 is 11.9 Å². The second-order valence-electron chi connectivity index (χ2n) is 6.42. The average Bonchev–Trinajstić information content (AvgIpc) is 3.40. The van der Waals surface area contributed by atoms with E-state index in [-0.39, 0.29) is 18.8 Å². The van der Waals surface area contributed by atoms with Crippen LogP contribution in [0.4, 0.5) is 5.00 Å². The van der Waals surface area contributed by atoms with E-state index in [9.17, 15) is 14.9 Å². The number of aromatic nitrogens is 1. The maximum atomic E-state index is 12.5. The molecule has 0 spiro atoms. The summed E-state index contributed by atoms with van der Waals surface area (Å²) in [6.07, 6.45) is 1.48. The van der Waals surface area contributed by atoms with Gasteiger partial charge in [0.05, 0.1) is 24.5 Å². The molecule has 0 aliphatic carbocycles. The van der Waals surface area contributed by atoms with Crippen molar-refractivity contribution in [2.45, 2.75) is 20.8 Å². The Morgan fingerprint density at radius 1 is 1.16 bits per heavy atom. The lowest BCUT2D eigenvalue weighted by Gasteiger charge is -2.05. The molecule has 32 heavy (non-hydrogen) atoms. The number of allylic oxidation sites excluding steroid dienone is 1. The highest BCUT2D eigenvalue weighted by molar-refractivity contribution is 7.18. The molecule has 0 radical (unpaired) electrons. The third kappa shape index (κ3) is 5.04. The minimum atomic E-state index is -0.549. The maximum absolute atomic E-state index is 12.5. The number of hydrogen-bond acceptors (Lipinski definition) is 9. The molecule has 0 saturated carbocycles. The summed E-state index contributed by atoms with van der Waals surface area (Å²) in [5.74, 6) is -1.06. The molecule has 0 amide bonds. The van der Waals surface area contributed by atoms with E-state index in [2.05, 4.69) is 16.4 Å². The van der Waals surface area contributed by atoms with Crippen molar-refractivity contribution in [3.63, 3.8) is 0 Å². The Kier molecular flexibility index (Phi) is 7.76. The predicted octanol–water partition coefficient (Wildman–Crippen LogP) is 5.51. The third-order valence-electron chi connectivity index (χ3n) is 4.36. The Hall–Kier alpha value is -3.48. The maximum Gasteiger partial charge on any atom is 0.348 e. The van der Waals surface area contributed by atoms with Crippen molar-refractivity contribution in [1.29, 1.82) is 5.26 Å². The number of nitrogens with zero attached hydrogens (tertiary/aromatic N) is 2. The largest absolute Gasteiger partial charge is 0.462 e. The van der Waals surface area contributed by atoms with Gasteiger partial charge in [-0.3, -0.25) is 0 Å². The highest BCUT2D eigenvalue weighted by Crippen LogP contribution is 2.35. The van der Waals surface area contributed by atoms with Crippen molar-refractivity contribution < 1.29 is 19.1 Å². The number of nitriles is 1. The first-order chi connectivity index (χ1) is 15.5. The van der Waals surface area contributed by atoms with Gasteiger partial charge in [0.25, 0.3) is 0 Å². The van der Waals surface area contributed by atoms with Crippen molar-refractivity contribution >= 4 is 45.2 Å². The number of thiazole rings is 1. The van der Waals surface area contributed by atoms with Crippen molar-refractivity contribution in [3.8, 4) is 17.3 Å². The van der Waals surface area contributed by atoms with Gasteiger partial charge in [0, 0.05) is 17.1 Å². The van der Waals surface area contributed by atoms with Gasteiger partial charge < -0.3 is 14.8 Å². The summed E-state index contributed by atoms with van der Waals surface area (Å²) in [6, 6.07) is 11.8. The number of thiophene rings is 1. The van der Waals surface area contributed by atoms with E-state index in [1.165, 1.54) is 17.5 Å². The van der Waals surface area contributed by atoms with Crippen LogP contribution in [0.3, 0.4) is 0 Å². The lowest BCUT2D eigenvalue weighted by Crippen LogP contribution is -2.09. The monoisotopic (exact) mass is 467 g/mol. The summed E-state index contributed by atoms with van der Waals surface area (Å²) < 4.78 is 10.2. The van der Waals surface area contributed by atoms with Crippen LogP contribution in [0.2, 0.25) is 0 Å². The second-order valence-corrected chi connectivity index (χ2v) is 8.30. The number of esters is 2. The van der Waals surface area contributed by atoms with Crippen LogP contribution < -0.4 is 5.32 Å². The molecule has 7 nitrogen and oxygen atoms in total. The number of hydrogen-bond donors (Lipinski definition) is 1. The van der Waals surface area contributed by atoms with Crippen LogP contribution >= 0.6 is 22.7 Å². The van der Waals surface area contributed by atoms with Gasteiger partial charge in [0.15, 0.2) is 0 Å². The fourth-order valence-electron chi connectivity index (χ4n) is 2.87. The van der Waals surface area contributed by atoms with Crippen LogP contribution in [0, 0.1) is 18.3 Å². The van der Waals surface area contributed by atoms with Gasteiger partial charge in [-0.05, 0) is 26.3 Å². The minimum Gasteiger partial charge on any atom is -0.462 e. The molecular weight excluding hydrogens is 446 g/mol. The number of ether oxygens (including phenoxy) is 2. The Labute approximate surface area is 193 Å². The van der Waals surface area contributed by atoms with Crippen molar-refractivity contribution in [3.05, 3.63) is 62.9 Å². The summed E-state index contributed by atoms with van der Waals surface area (Å²) in [6.45, 7) is 5.51. The smallest absolute Gasteiger partial charge is 0.348 e. The van der Waals surface area contributed by atoms with E-state index in [1.54, 1.807) is 20.8 Å². The molecule has 2 aromatic heterocycles. The zero-order valence-electron chi connectivity index (χ0n) is 17.8. The highest BCUT2D eigenvalue weighted by Gasteiger charge is 2.26. The van der Waals surface area contributed by atoms with Crippen LogP contribution in [0.15, 0.2) is 41.9 Å². The fraction of sp³-hybridized carbons (Fsp3) is 0.217. The van der Waals surface area contributed by atoms with Gasteiger partial charge in [0.2, 0.25) is 0 Å². The van der Waals surface area contributed by atoms with E-state index >= 15 is 0 Å². The van der Waals surface area contributed by atoms with Gasteiger partial charge in [-0.1, -0.05) is 30.3 Å². The SMILES string of the molecule is CCOC(=O)c1sc(N/C=C(/C#N)c2nc(-c3ccccc3)cs2)c(C(=O)OCC)c1C. The van der Waals surface area contributed by atoms with Crippen molar-refractivity contribution in [2.75, 3.05) is 18.5 Å². The standard InChI is InChI=1S/C23H21N3O4S2/c1-4-29-22(27)18-14(3)19(23(28)30-5-2)32-21(18)25-12-16(11-24)20-26-17(13-31-20)15-9-7-6-8-10-15/h6-10,12-13,25H,4-5H2,1-3H3/b16-12-. The Morgan fingerprint density at radius 2 is 1.84 bits per heavy atom. The first-order valence-corrected chi connectivity index (χ1v) is 11.5. The van der Waals surface area contributed by atoms with Crippen LogP contribution in [0.25, 0.3) is 16.8 Å². The lowest BCUT2D eigenvalue weighted by molar-refractivity contribution is 0.0527. The van der Waals surface area contributed by atoms with Gasteiger partial charge in [-0.2, -0.15) is 5.26 Å². The third-order valence-corrected chi connectivity index (χ3v) is 6.44. The van der Waals surface area contributed by atoms with E-state index in [0.29, 0.717) is 26.0 Å². The van der Waals surface area contributed by atoms with Crippen molar-refractivity contribution in [1.82, 2.24) is 4.98 Å². The Bertz CT molecular complexity index is 1190. The molecule has 1 aromatic carbocycles. The zero-order chi connectivity index (χ0) is 23.1. The molecule has 9 heteroatoms. The fourth-order valence-corrected chi connectivity index (χ4v) is 4.73. The number of benzene rings is 1. The Balaban J connectivity index is 1.93. The molecular formula is C23H21N3O4S2. The van der Waals surface area contributed by atoms with Gasteiger partial charge >= 0.3 is 11.9 Å². The van der Waals surface area contributed by atoms with E-state index in [0.717, 1.165) is 22.6 Å². The van der Waals surface area contributed by atoms with E-state index in [1.807, 2.05) is 35.7 Å². The predicted molar refractivity (Wildman–Crippen MR) is 126 cm³/mol. The summed E-state index contributed by atoms with van der Waals surface area (Å²) in [5, 5.41) is 15.5. The molecule has 0 atom stereocenters. The first-order valence-electron chi connectivity index (χ1n) is 9.85. The first kappa shape index (κ1) is 23.2. The molecule has 1 N–H and O–H groups in total. The molecule has 0 saturated heterocycles. The van der Waals surface area contributed by atoms with E-state index in [4.69, 9.17) is 9.47 Å². The molecule has 0 fully saturated rings. The van der Waals surface area contributed by atoms with Gasteiger partial charge in [-0.25, -0.2) is 14.6 Å². The van der Waals surface area contributed by atoms with Gasteiger partial charge in [-0.15, -0.1) is 22.7 Å². The summed E-state index contributed by atoms with van der Waals surface area (Å²) in [4.78, 5) is 29.7.